The van der Waals surface area contributed by atoms with Gasteiger partial charge in [-0.1, -0.05) is 19.9 Å². The zero-order chi connectivity index (χ0) is 9.26. The van der Waals surface area contributed by atoms with Crippen molar-refractivity contribution in [1.29, 1.82) is 0 Å². The predicted octanol–water partition coefficient (Wildman–Crippen LogP) is 3.07. The second-order valence-corrected chi connectivity index (χ2v) is 4.53. The maximum atomic E-state index is 4.62. The Morgan fingerprint density at radius 1 is 1.38 bits per heavy atom. The molecule has 2 aliphatic rings. The van der Waals surface area contributed by atoms with Crippen molar-refractivity contribution in [2.24, 2.45) is 22.7 Å². The van der Waals surface area contributed by atoms with Crippen molar-refractivity contribution in [3.05, 3.63) is 12.7 Å². The van der Waals surface area contributed by atoms with Crippen molar-refractivity contribution in [2.45, 2.75) is 32.6 Å². The Bertz CT molecular complexity index is 229. The number of rotatable bonds is 1. The number of hydrogen-bond donors (Lipinski definition) is 0. The van der Waals surface area contributed by atoms with E-state index in [-0.39, 0.29) is 0 Å². The molecule has 13 heavy (non-hydrogen) atoms. The standard InChI is InChI=1S/C12H19N/c1-3-12-9(2)11-5-4-10(8-11)6-7-13-12/h3,9-11H,1,4-8H2,2H3. The molecule has 3 unspecified atom stereocenters. The van der Waals surface area contributed by atoms with Crippen molar-refractivity contribution in [3.8, 4) is 0 Å². The van der Waals surface area contributed by atoms with E-state index in [4.69, 9.17) is 0 Å². The average molecular weight is 177 g/mol. The molecule has 1 aliphatic carbocycles. The molecule has 1 nitrogen and oxygen atoms in total. The lowest BCUT2D eigenvalue weighted by atomic mass is 9.86. The molecule has 0 N–H and O–H groups in total. The Labute approximate surface area is 80.9 Å². The minimum Gasteiger partial charge on any atom is -0.289 e. The second-order valence-electron chi connectivity index (χ2n) is 4.53. The smallest absolute Gasteiger partial charge is 0.0395 e. The van der Waals surface area contributed by atoms with E-state index in [9.17, 15) is 0 Å². The first kappa shape index (κ1) is 8.98. The van der Waals surface area contributed by atoms with E-state index < -0.39 is 0 Å². The van der Waals surface area contributed by atoms with Crippen LogP contribution in [0.25, 0.3) is 0 Å². The average Bonchev–Trinajstić information content (AvgIpc) is 2.59. The Hall–Kier alpha value is -0.590. The van der Waals surface area contributed by atoms with Gasteiger partial charge < -0.3 is 0 Å². The molecule has 0 aromatic rings. The summed E-state index contributed by atoms with van der Waals surface area (Å²) >= 11 is 0. The van der Waals surface area contributed by atoms with Gasteiger partial charge in [-0.2, -0.15) is 0 Å². The molecule has 0 aromatic carbocycles. The maximum absolute atomic E-state index is 4.62. The molecular formula is C12H19N. The topological polar surface area (TPSA) is 12.4 Å². The minimum absolute atomic E-state index is 0.655. The summed E-state index contributed by atoms with van der Waals surface area (Å²) in [5.41, 5.74) is 1.25. The van der Waals surface area contributed by atoms with E-state index in [0.29, 0.717) is 5.92 Å². The Balaban J connectivity index is 2.18. The third kappa shape index (κ3) is 1.70. The van der Waals surface area contributed by atoms with Gasteiger partial charge in [-0.15, -0.1) is 0 Å². The third-order valence-corrected chi connectivity index (χ3v) is 3.80. The van der Waals surface area contributed by atoms with E-state index in [2.05, 4.69) is 18.5 Å². The van der Waals surface area contributed by atoms with Crippen molar-refractivity contribution >= 4 is 5.71 Å². The molecule has 0 aromatic heterocycles. The quantitative estimate of drug-likeness (QED) is 0.583. The van der Waals surface area contributed by atoms with Gasteiger partial charge in [0.05, 0.1) is 0 Å². The minimum atomic E-state index is 0.655. The largest absolute Gasteiger partial charge is 0.289 e. The van der Waals surface area contributed by atoms with Crippen LogP contribution in [0.5, 0.6) is 0 Å². The Morgan fingerprint density at radius 2 is 2.23 bits per heavy atom. The van der Waals surface area contributed by atoms with Gasteiger partial charge in [0.1, 0.15) is 0 Å². The van der Waals surface area contributed by atoms with Crippen LogP contribution < -0.4 is 0 Å². The van der Waals surface area contributed by atoms with Crippen LogP contribution in [0.15, 0.2) is 17.6 Å². The fourth-order valence-electron chi connectivity index (χ4n) is 2.84. The van der Waals surface area contributed by atoms with E-state index in [1.54, 1.807) is 0 Å². The molecule has 2 bridgehead atoms. The Morgan fingerprint density at radius 3 is 3.00 bits per heavy atom. The lowest BCUT2D eigenvalue weighted by Gasteiger charge is -2.22. The highest BCUT2D eigenvalue weighted by molar-refractivity contribution is 5.96. The normalized spacial score (nSPS) is 39.2. The van der Waals surface area contributed by atoms with Crippen LogP contribution in [-0.2, 0) is 0 Å². The van der Waals surface area contributed by atoms with Crippen LogP contribution in [-0.4, -0.2) is 12.3 Å². The summed E-state index contributed by atoms with van der Waals surface area (Å²) in [4.78, 5) is 4.62. The van der Waals surface area contributed by atoms with Crippen LogP contribution >= 0.6 is 0 Å². The first-order valence-electron chi connectivity index (χ1n) is 5.48. The predicted molar refractivity (Wildman–Crippen MR) is 57.1 cm³/mol. The molecule has 0 amide bonds. The zero-order valence-electron chi connectivity index (χ0n) is 8.50. The summed E-state index contributed by atoms with van der Waals surface area (Å²) in [7, 11) is 0. The number of allylic oxidation sites excluding steroid dienone is 1. The van der Waals surface area contributed by atoms with E-state index in [1.165, 1.54) is 31.4 Å². The van der Waals surface area contributed by atoms with E-state index >= 15 is 0 Å². The fourth-order valence-corrected chi connectivity index (χ4v) is 2.84. The van der Waals surface area contributed by atoms with Crippen LogP contribution in [0, 0.1) is 17.8 Å². The van der Waals surface area contributed by atoms with Gasteiger partial charge in [0.25, 0.3) is 0 Å². The summed E-state index contributed by atoms with van der Waals surface area (Å²) in [6.07, 6.45) is 7.56. The summed E-state index contributed by atoms with van der Waals surface area (Å²) in [5, 5.41) is 0. The Kier molecular flexibility index (Phi) is 2.52. The molecule has 0 radical (unpaired) electrons. The number of aliphatic imine (C=N–C) groups is 1. The van der Waals surface area contributed by atoms with Crippen molar-refractivity contribution in [3.63, 3.8) is 0 Å². The molecular weight excluding hydrogens is 158 g/mol. The number of hydrogen-bond acceptors (Lipinski definition) is 1. The number of nitrogens with zero attached hydrogens (tertiary/aromatic N) is 1. The molecule has 1 fully saturated rings. The first-order valence-corrected chi connectivity index (χ1v) is 5.48. The highest BCUT2D eigenvalue weighted by atomic mass is 14.7. The molecule has 0 spiro atoms. The SMILES string of the molecule is C=CC1=NCCC2CCC(C2)C1C. The van der Waals surface area contributed by atoms with Crippen LogP contribution in [0.4, 0.5) is 0 Å². The molecule has 1 heteroatoms. The van der Waals surface area contributed by atoms with Gasteiger partial charge in [0, 0.05) is 18.2 Å². The van der Waals surface area contributed by atoms with E-state index in [0.717, 1.165) is 18.4 Å². The fraction of sp³-hybridized carbons (Fsp3) is 0.750. The number of fused-ring (bicyclic) bond motifs is 2. The maximum Gasteiger partial charge on any atom is 0.0395 e. The lowest BCUT2D eigenvalue weighted by molar-refractivity contribution is 0.410. The third-order valence-electron chi connectivity index (χ3n) is 3.80. The monoisotopic (exact) mass is 177 g/mol. The van der Waals surface area contributed by atoms with Gasteiger partial charge in [-0.05, 0) is 37.2 Å². The van der Waals surface area contributed by atoms with Gasteiger partial charge in [-0.3, -0.25) is 4.99 Å². The molecule has 1 aliphatic heterocycles. The molecule has 1 heterocycles. The molecule has 0 saturated heterocycles. The summed E-state index contributed by atoms with van der Waals surface area (Å²) in [5.74, 6) is 2.52. The molecule has 72 valence electrons. The van der Waals surface area contributed by atoms with Crippen molar-refractivity contribution in [1.82, 2.24) is 0 Å². The lowest BCUT2D eigenvalue weighted by Crippen LogP contribution is -2.20. The summed E-state index contributed by atoms with van der Waals surface area (Å²) in [6.45, 7) is 7.21. The van der Waals surface area contributed by atoms with Gasteiger partial charge in [-0.25, -0.2) is 0 Å². The highest BCUT2D eigenvalue weighted by Crippen LogP contribution is 2.39. The molecule has 3 atom stereocenters. The molecule has 1 saturated carbocycles. The summed E-state index contributed by atoms with van der Waals surface area (Å²) in [6, 6.07) is 0. The van der Waals surface area contributed by atoms with Crippen molar-refractivity contribution < 1.29 is 0 Å². The van der Waals surface area contributed by atoms with Crippen LogP contribution in [0.2, 0.25) is 0 Å². The van der Waals surface area contributed by atoms with Crippen molar-refractivity contribution in [2.75, 3.05) is 6.54 Å². The van der Waals surface area contributed by atoms with Crippen LogP contribution in [0.1, 0.15) is 32.6 Å². The van der Waals surface area contributed by atoms with Gasteiger partial charge >= 0.3 is 0 Å². The first-order chi connectivity index (χ1) is 6.31. The van der Waals surface area contributed by atoms with Gasteiger partial charge in [0.15, 0.2) is 0 Å². The summed E-state index contributed by atoms with van der Waals surface area (Å²) < 4.78 is 0. The van der Waals surface area contributed by atoms with Gasteiger partial charge in [0.2, 0.25) is 0 Å². The molecule has 2 rings (SSSR count). The zero-order valence-corrected chi connectivity index (χ0v) is 8.50. The second kappa shape index (κ2) is 3.65. The van der Waals surface area contributed by atoms with Crippen LogP contribution in [0.3, 0.4) is 0 Å². The highest BCUT2D eigenvalue weighted by Gasteiger charge is 2.31. The van der Waals surface area contributed by atoms with E-state index in [1.807, 2.05) is 6.08 Å².